The lowest BCUT2D eigenvalue weighted by Crippen LogP contribution is -2.29. The molecule has 0 aliphatic rings. The normalized spacial score (nSPS) is 12.0. The predicted molar refractivity (Wildman–Crippen MR) is 159 cm³/mol. The van der Waals surface area contributed by atoms with E-state index in [9.17, 15) is 23.1 Å². The van der Waals surface area contributed by atoms with E-state index in [0.717, 1.165) is 22.5 Å². The second kappa shape index (κ2) is 12.8. The molecule has 1 heterocycles. The van der Waals surface area contributed by atoms with Gasteiger partial charge in [-0.15, -0.1) is 11.3 Å². The molecular weight excluding hydrogens is 542 g/mol. The Labute approximate surface area is 238 Å². The lowest BCUT2D eigenvalue weighted by Gasteiger charge is -2.16. The van der Waals surface area contributed by atoms with Crippen molar-refractivity contribution in [3.8, 4) is 10.4 Å². The molecule has 0 amide bonds. The van der Waals surface area contributed by atoms with E-state index in [1.54, 1.807) is 54.6 Å². The monoisotopic (exact) mass is 571 g/mol. The molecule has 4 rings (SSSR count). The van der Waals surface area contributed by atoms with Gasteiger partial charge in [-0.05, 0) is 58.9 Å². The highest BCUT2D eigenvalue weighted by molar-refractivity contribution is 7.91. The van der Waals surface area contributed by atoms with Crippen LogP contribution in [0.5, 0.6) is 0 Å². The Morgan fingerprint density at radius 2 is 1.55 bits per heavy atom. The summed E-state index contributed by atoms with van der Waals surface area (Å²) in [6.45, 7) is 7.98. The number of carboxylic acids is 1. The minimum atomic E-state index is -4.00. The largest absolute Gasteiger partial charge is 0.481 e. The SMILES string of the molecule is C=C(CCc1ccccc1)C(=O)C(=C)c1cccc(-c2ccc(S(=O)(=O)NC(CC(=O)O)c3ccccc3)s2)c1. The zero-order chi connectivity index (χ0) is 28.7. The fourth-order valence-corrected chi connectivity index (χ4v) is 6.75. The van der Waals surface area contributed by atoms with Crippen molar-refractivity contribution < 1.29 is 23.1 Å². The molecule has 0 saturated heterocycles. The van der Waals surface area contributed by atoms with Gasteiger partial charge in [-0.1, -0.05) is 92.0 Å². The van der Waals surface area contributed by atoms with Gasteiger partial charge in [0.2, 0.25) is 0 Å². The topological polar surface area (TPSA) is 101 Å². The molecule has 2 N–H and O–H groups in total. The van der Waals surface area contributed by atoms with Gasteiger partial charge in [-0.25, -0.2) is 13.1 Å². The van der Waals surface area contributed by atoms with Crippen LogP contribution in [0.15, 0.2) is 120 Å². The summed E-state index contributed by atoms with van der Waals surface area (Å²) in [5.41, 5.74) is 3.85. The van der Waals surface area contributed by atoms with Crippen molar-refractivity contribution >= 4 is 38.7 Å². The summed E-state index contributed by atoms with van der Waals surface area (Å²) in [6.07, 6.45) is 0.833. The highest BCUT2D eigenvalue weighted by atomic mass is 32.2. The molecule has 0 fully saturated rings. The summed E-state index contributed by atoms with van der Waals surface area (Å²) in [5.74, 6) is -1.32. The van der Waals surface area contributed by atoms with Crippen molar-refractivity contribution in [1.82, 2.24) is 4.72 Å². The summed E-state index contributed by atoms with van der Waals surface area (Å²) in [6, 6.07) is 28.0. The van der Waals surface area contributed by atoms with Crippen LogP contribution in [0, 0.1) is 0 Å². The van der Waals surface area contributed by atoms with Crippen LogP contribution in [0.4, 0.5) is 0 Å². The van der Waals surface area contributed by atoms with Gasteiger partial charge < -0.3 is 5.11 Å². The third kappa shape index (κ3) is 7.30. The summed E-state index contributed by atoms with van der Waals surface area (Å²) in [5, 5.41) is 9.32. The first-order valence-corrected chi connectivity index (χ1v) is 14.9. The number of rotatable bonds is 13. The van der Waals surface area contributed by atoms with Gasteiger partial charge >= 0.3 is 5.97 Å². The fourth-order valence-electron chi connectivity index (χ4n) is 4.21. The van der Waals surface area contributed by atoms with Crippen LogP contribution in [0.1, 0.15) is 35.6 Å². The molecule has 0 bridgehead atoms. The Kier molecular flexibility index (Phi) is 9.26. The molecule has 0 spiro atoms. The number of allylic oxidation sites excluding steroid dienone is 2. The van der Waals surface area contributed by atoms with Crippen molar-refractivity contribution in [1.29, 1.82) is 0 Å². The average molecular weight is 572 g/mol. The molecule has 1 unspecified atom stereocenters. The van der Waals surface area contributed by atoms with E-state index in [1.165, 1.54) is 6.07 Å². The number of nitrogens with one attached hydrogen (secondary N) is 1. The van der Waals surface area contributed by atoms with Crippen molar-refractivity contribution in [2.75, 3.05) is 0 Å². The molecule has 0 saturated carbocycles. The molecule has 6 nitrogen and oxygen atoms in total. The molecule has 4 aromatic rings. The Hall–Kier alpha value is -4.11. The number of benzene rings is 3. The second-order valence-corrected chi connectivity index (χ2v) is 12.3. The van der Waals surface area contributed by atoms with Crippen LogP contribution in [-0.2, 0) is 26.0 Å². The third-order valence-electron chi connectivity index (χ3n) is 6.37. The number of Topliss-reactive ketones (excluding diaryl/α,β-unsaturated/α-hetero) is 1. The van der Waals surface area contributed by atoms with E-state index in [1.807, 2.05) is 36.4 Å². The van der Waals surface area contributed by atoms with Gasteiger partial charge in [-0.3, -0.25) is 9.59 Å². The number of carboxylic acid groups (broad SMARTS) is 1. The van der Waals surface area contributed by atoms with E-state index in [-0.39, 0.29) is 9.99 Å². The molecule has 40 heavy (non-hydrogen) atoms. The van der Waals surface area contributed by atoms with Crippen LogP contribution in [0.2, 0.25) is 0 Å². The zero-order valence-corrected chi connectivity index (χ0v) is 23.4. The maximum absolute atomic E-state index is 13.2. The fraction of sp³-hybridized carbons (Fsp3) is 0.125. The van der Waals surface area contributed by atoms with Gasteiger partial charge in [0, 0.05) is 10.5 Å². The van der Waals surface area contributed by atoms with E-state index >= 15 is 0 Å². The van der Waals surface area contributed by atoms with Crippen LogP contribution in [0.3, 0.4) is 0 Å². The number of hydrogen-bond acceptors (Lipinski definition) is 5. The van der Waals surface area contributed by atoms with E-state index in [0.29, 0.717) is 40.0 Å². The quantitative estimate of drug-likeness (QED) is 0.174. The summed E-state index contributed by atoms with van der Waals surface area (Å²) in [7, 11) is -4.00. The molecule has 1 atom stereocenters. The molecule has 204 valence electrons. The zero-order valence-electron chi connectivity index (χ0n) is 21.7. The van der Waals surface area contributed by atoms with Gasteiger partial charge in [0.05, 0.1) is 12.5 Å². The number of aliphatic carboxylic acids is 1. The maximum atomic E-state index is 13.2. The molecular formula is C32H29NO5S2. The summed E-state index contributed by atoms with van der Waals surface area (Å²) >= 11 is 1.06. The first-order chi connectivity index (χ1) is 19.1. The van der Waals surface area contributed by atoms with Crippen LogP contribution in [0.25, 0.3) is 16.0 Å². The third-order valence-corrected chi connectivity index (χ3v) is 9.47. The standard InChI is InChI=1S/C32H29NO5S2/c1-22(16-17-24-10-5-3-6-11-24)32(36)23(2)26-14-9-15-27(20-26)29-18-19-31(39-29)40(37,38)33-28(21-30(34)35)25-12-7-4-8-13-25/h3-15,18-20,28,33H,1-2,16-17,21H2,(H,34,35). The highest BCUT2D eigenvalue weighted by Gasteiger charge is 2.25. The number of aryl methyl sites for hydroxylation is 1. The molecule has 8 heteroatoms. The molecule has 0 radical (unpaired) electrons. The van der Waals surface area contributed by atoms with Gasteiger partial charge in [0.15, 0.2) is 5.78 Å². The average Bonchev–Trinajstić information content (AvgIpc) is 3.47. The molecule has 3 aromatic carbocycles. The van der Waals surface area contributed by atoms with Crippen LogP contribution < -0.4 is 4.72 Å². The lowest BCUT2D eigenvalue weighted by atomic mass is 9.94. The molecule has 0 aliphatic carbocycles. The van der Waals surface area contributed by atoms with Crippen LogP contribution >= 0.6 is 11.3 Å². The van der Waals surface area contributed by atoms with Crippen molar-refractivity contribution in [3.05, 3.63) is 132 Å². The molecule has 0 aliphatic heterocycles. The van der Waals surface area contributed by atoms with Crippen molar-refractivity contribution in [3.63, 3.8) is 0 Å². The van der Waals surface area contributed by atoms with Gasteiger partial charge in [0.1, 0.15) is 4.21 Å². The smallest absolute Gasteiger partial charge is 0.305 e. The summed E-state index contributed by atoms with van der Waals surface area (Å²) < 4.78 is 29.0. The second-order valence-electron chi connectivity index (χ2n) is 9.28. The number of sulfonamides is 1. The first-order valence-electron chi connectivity index (χ1n) is 12.6. The lowest BCUT2D eigenvalue weighted by molar-refractivity contribution is -0.137. The van der Waals surface area contributed by atoms with E-state index in [2.05, 4.69) is 17.9 Å². The number of ketones is 1. The van der Waals surface area contributed by atoms with E-state index in [4.69, 9.17) is 0 Å². The first kappa shape index (κ1) is 28.9. The van der Waals surface area contributed by atoms with Gasteiger partial charge in [0.25, 0.3) is 10.0 Å². The Morgan fingerprint density at radius 3 is 2.23 bits per heavy atom. The van der Waals surface area contributed by atoms with Gasteiger partial charge in [-0.2, -0.15) is 0 Å². The van der Waals surface area contributed by atoms with Crippen LogP contribution in [-0.4, -0.2) is 25.3 Å². The summed E-state index contributed by atoms with van der Waals surface area (Å²) in [4.78, 5) is 25.1. The Bertz CT molecular complexity index is 1640. The highest BCUT2D eigenvalue weighted by Crippen LogP contribution is 2.33. The number of carbonyl (C=O) groups excluding carboxylic acids is 1. The minimum absolute atomic E-state index is 0.0587. The predicted octanol–water partition coefficient (Wildman–Crippen LogP) is 6.68. The number of hydrogen-bond donors (Lipinski definition) is 2. The maximum Gasteiger partial charge on any atom is 0.305 e. The Morgan fingerprint density at radius 1 is 0.875 bits per heavy atom. The number of carbonyl (C=O) groups is 2. The Balaban J connectivity index is 1.48. The number of thiophene rings is 1. The molecule has 1 aromatic heterocycles. The van der Waals surface area contributed by atoms with Crippen molar-refractivity contribution in [2.24, 2.45) is 0 Å². The van der Waals surface area contributed by atoms with Crippen molar-refractivity contribution in [2.45, 2.75) is 29.5 Å². The van der Waals surface area contributed by atoms with E-state index < -0.39 is 28.5 Å². The minimum Gasteiger partial charge on any atom is -0.481 e.